The third-order valence-corrected chi connectivity index (χ3v) is 9.46. The second-order valence-corrected chi connectivity index (χ2v) is 11.5. The van der Waals surface area contributed by atoms with Crippen molar-refractivity contribution in [3.05, 3.63) is 34.3 Å². The number of hydrogen-bond donors (Lipinski definition) is 0. The first-order valence-electron chi connectivity index (χ1n) is 12.9. The van der Waals surface area contributed by atoms with Crippen molar-refractivity contribution in [3.8, 4) is 0 Å². The molecule has 0 N–H and O–H groups in total. The van der Waals surface area contributed by atoms with Crippen LogP contribution < -0.4 is 4.73 Å². The molecule has 1 aromatic rings. The van der Waals surface area contributed by atoms with Gasteiger partial charge in [-0.1, -0.05) is 13.8 Å². The number of nitrogens with zero attached hydrogens (tertiary/aromatic N) is 3. The van der Waals surface area contributed by atoms with Crippen molar-refractivity contribution in [2.75, 3.05) is 26.8 Å². The molecule has 3 heterocycles. The molecule has 2 bridgehead atoms. The van der Waals surface area contributed by atoms with Crippen LogP contribution in [0.3, 0.4) is 0 Å². The quantitative estimate of drug-likeness (QED) is 0.471. The van der Waals surface area contributed by atoms with Gasteiger partial charge in [-0.25, -0.2) is 0 Å². The molecule has 2 unspecified atom stereocenters. The molecule has 0 aromatic carbocycles. The number of rotatable bonds is 4. The fourth-order valence-electron chi connectivity index (χ4n) is 7.39. The van der Waals surface area contributed by atoms with E-state index in [1.54, 1.807) is 4.90 Å². The molecule has 4 aliphatic rings. The normalized spacial score (nSPS) is 33.0. The maximum Gasteiger partial charge on any atom is 0.422 e. The van der Waals surface area contributed by atoms with Crippen molar-refractivity contribution >= 4 is 5.91 Å². The molecule has 5 rings (SSSR count). The summed E-state index contributed by atoms with van der Waals surface area (Å²) in [7, 11) is 2.20. The van der Waals surface area contributed by atoms with Crippen molar-refractivity contribution in [1.29, 1.82) is 0 Å². The van der Waals surface area contributed by atoms with E-state index in [9.17, 15) is 23.2 Å². The summed E-state index contributed by atoms with van der Waals surface area (Å²) in [6.45, 7) is 6.23. The Morgan fingerprint density at radius 2 is 1.94 bits per heavy atom. The average molecular weight is 496 g/mol. The lowest BCUT2D eigenvalue weighted by Gasteiger charge is -2.42. The number of fused-ring (bicyclic) bond motifs is 3. The summed E-state index contributed by atoms with van der Waals surface area (Å²) in [6.07, 6.45) is 1.17. The molecule has 1 saturated heterocycles. The smallest absolute Gasteiger partial charge is 0.422 e. The largest absolute Gasteiger partial charge is 0.618 e. The molecule has 3 fully saturated rings. The predicted octanol–water partition coefficient (Wildman–Crippen LogP) is 3.78. The molecule has 9 heteroatoms. The Morgan fingerprint density at radius 3 is 2.57 bits per heavy atom. The fraction of sp³-hybridized carbons (Fsp3) is 0.769. The lowest BCUT2D eigenvalue weighted by Crippen LogP contribution is -2.52. The third-order valence-electron chi connectivity index (χ3n) is 9.46. The van der Waals surface area contributed by atoms with Crippen molar-refractivity contribution in [3.63, 3.8) is 0 Å². The molecule has 1 aromatic heterocycles. The summed E-state index contributed by atoms with van der Waals surface area (Å²) in [6, 6.07) is 1.85. The number of aromatic nitrogens is 1. The molecule has 6 nitrogen and oxygen atoms in total. The highest BCUT2D eigenvalue weighted by Gasteiger charge is 2.53. The van der Waals surface area contributed by atoms with Gasteiger partial charge in [0.1, 0.15) is 5.56 Å². The number of hydrogen-bond acceptors (Lipinski definition) is 4. The highest BCUT2D eigenvalue weighted by molar-refractivity contribution is 5.83. The SMILES string of the molecule is CC(C)[C@]1(C(=O)N2CCc3c(cc(C(F)(F)F)c[n+]3[O-])C2)CC[C@@H](N(C)C2C3CCC2COC3)C1. The second kappa shape index (κ2) is 8.91. The monoisotopic (exact) mass is 495 g/mol. The summed E-state index contributed by atoms with van der Waals surface area (Å²) in [4.78, 5) is 18.2. The minimum atomic E-state index is -4.60. The van der Waals surface area contributed by atoms with Gasteiger partial charge in [-0.15, -0.1) is 0 Å². The van der Waals surface area contributed by atoms with Crippen LogP contribution in [0.5, 0.6) is 0 Å². The fourth-order valence-corrected chi connectivity index (χ4v) is 7.39. The standard InChI is InChI=1S/C26H36F3N3O3/c1-16(2)25(8-6-21(11-25)30(3)23-17-4-5-18(23)15-35-14-17)24(33)31-9-7-22-19(12-31)10-20(13-32(22)34)26(27,28)29/h10,13,16-18,21,23H,4-9,11-12,14-15H2,1-3H3/t17?,18?,21-,23?,25+/m1/s1. The summed E-state index contributed by atoms with van der Waals surface area (Å²) in [5.41, 5.74) is -0.860. The molecule has 1 amide bonds. The number of halogens is 3. The topological polar surface area (TPSA) is 59.7 Å². The lowest BCUT2D eigenvalue weighted by atomic mass is 9.73. The molecular weight excluding hydrogens is 459 g/mol. The van der Waals surface area contributed by atoms with Crippen molar-refractivity contribution < 1.29 is 27.4 Å². The molecule has 2 aliphatic carbocycles. The number of amides is 1. The van der Waals surface area contributed by atoms with Crippen LogP contribution in [0, 0.1) is 28.4 Å². The van der Waals surface area contributed by atoms with Gasteiger partial charge in [0.15, 0.2) is 11.9 Å². The van der Waals surface area contributed by atoms with E-state index in [0.29, 0.717) is 52.6 Å². The molecule has 194 valence electrons. The number of pyridine rings is 1. The van der Waals surface area contributed by atoms with Crippen LogP contribution in [-0.4, -0.2) is 54.6 Å². The number of carbonyl (C=O) groups excluding carboxylic acids is 1. The first kappa shape index (κ1) is 24.8. The lowest BCUT2D eigenvalue weighted by molar-refractivity contribution is -0.616. The zero-order valence-corrected chi connectivity index (χ0v) is 20.8. The van der Waals surface area contributed by atoms with Gasteiger partial charge >= 0.3 is 6.18 Å². The van der Waals surface area contributed by atoms with E-state index in [1.807, 2.05) is 0 Å². The Kier molecular flexibility index (Phi) is 6.31. The maximum absolute atomic E-state index is 14.0. The van der Waals surface area contributed by atoms with E-state index in [4.69, 9.17) is 4.74 Å². The van der Waals surface area contributed by atoms with Gasteiger partial charge < -0.3 is 14.8 Å². The van der Waals surface area contributed by atoms with Gasteiger partial charge in [0.05, 0.1) is 31.6 Å². The van der Waals surface area contributed by atoms with Gasteiger partial charge in [-0.2, -0.15) is 17.9 Å². The summed E-state index contributed by atoms with van der Waals surface area (Å²) >= 11 is 0. The highest BCUT2D eigenvalue weighted by atomic mass is 19.4. The zero-order chi connectivity index (χ0) is 25.1. The molecule has 0 spiro atoms. The Morgan fingerprint density at radius 1 is 1.26 bits per heavy atom. The Labute approximate surface area is 205 Å². The molecule has 0 radical (unpaired) electrons. The van der Waals surface area contributed by atoms with Crippen LogP contribution in [0.25, 0.3) is 0 Å². The van der Waals surface area contributed by atoms with E-state index in [2.05, 4.69) is 25.8 Å². The van der Waals surface area contributed by atoms with Gasteiger partial charge in [-0.05, 0) is 63.0 Å². The number of carbonyl (C=O) groups is 1. The van der Waals surface area contributed by atoms with Gasteiger partial charge in [0, 0.05) is 24.2 Å². The van der Waals surface area contributed by atoms with Gasteiger partial charge in [-0.3, -0.25) is 9.69 Å². The van der Waals surface area contributed by atoms with E-state index in [-0.39, 0.29) is 24.8 Å². The highest BCUT2D eigenvalue weighted by Crippen LogP contribution is 2.50. The first-order valence-corrected chi connectivity index (χ1v) is 12.9. The van der Waals surface area contributed by atoms with Crippen LogP contribution in [0.1, 0.15) is 62.8 Å². The van der Waals surface area contributed by atoms with Crippen LogP contribution >= 0.6 is 0 Å². The van der Waals surface area contributed by atoms with Crippen LogP contribution in [-0.2, 0) is 28.7 Å². The third kappa shape index (κ3) is 4.22. The van der Waals surface area contributed by atoms with Crippen LogP contribution in [0.4, 0.5) is 13.2 Å². The van der Waals surface area contributed by atoms with Crippen molar-refractivity contribution in [2.24, 2.45) is 23.2 Å². The number of alkyl halides is 3. The van der Waals surface area contributed by atoms with Crippen LogP contribution in [0.15, 0.2) is 12.3 Å². The second-order valence-electron chi connectivity index (χ2n) is 11.5. The first-order chi connectivity index (χ1) is 16.5. The molecule has 4 atom stereocenters. The summed E-state index contributed by atoms with van der Waals surface area (Å²) in [5.74, 6) is 1.26. The van der Waals surface area contributed by atoms with E-state index < -0.39 is 17.2 Å². The Bertz CT molecular complexity index is 969. The zero-order valence-electron chi connectivity index (χ0n) is 20.8. The van der Waals surface area contributed by atoms with Crippen molar-refractivity contribution in [1.82, 2.24) is 9.80 Å². The van der Waals surface area contributed by atoms with E-state index >= 15 is 0 Å². The Hall–Kier alpha value is -1.87. The predicted molar refractivity (Wildman–Crippen MR) is 123 cm³/mol. The molecule has 2 saturated carbocycles. The molecule has 35 heavy (non-hydrogen) atoms. The van der Waals surface area contributed by atoms with Crippen molar-refractivity contribution in [2.45, 2.75) is 77.2 Å². The van der Waals surface area contributed by atoms with Gasteiger partial charge in [0.2, 0.25) is 5.91 Å². The van der Waals surface area contributed by atoms with E-state index in [0.717, 1.165) is 38.5 Å². The molecule has 2 aliphatic heterocycles. The average Bonchev–Trinajstić information content (AvgIpc) is 3.37. The van der Waals surface area contributed by atoms with Crippen LogP contribution in [0.2, 0.25) is 0 Å². The minimum absolute atomic E-state index is 0.0267. The Balaban J connectivity index is 1.35. The van der Waals surface area contributed by atoms with Gasteiger partial charge in [0.25, 0.3) is 0 Å². The summed E-state index contributed by atoms with van der Waals surface area (Å²) in [5, 5.41) is 12.3. The maximum atomic E-state index is 14.0. The molecular formula is C26H36F3N3O3. The summed E-state index contributed by atoms with van der Waals surface area (Å²) < 4.78 is 46.0. The van der Waals surface area contributed by atoms with E-state index in [1.165, 1.54) is 12.8 Å². The number of ether oxygens (including phenoxy) is 1. The minimum Gasteiger partial charge on any atom is -0.618 e.